The van der Waals surface area contributed by atoms with Crippen LogP contribution in [0, 0.1) is 0 Å². The van der Waals surface area contributed by atoms with Gasteiger partial charge in [-0.3, -0.25) is 0 Å². The molecule has 1 fully saturated rings. The molecule has 3 heteroatoms. The molecule has 1 N–H and O–H groups in total. The number of aliphatic hydroxyl groups excluding tert-OH is 1. The standard InChI is InChI=1S/C21H27NO2/c23-21-16-22(14-12-20(21)19-10-5-2-6-11-19)13-7-15-24-17-18-8-3-1-4-9-18/h1-6,8-11,20-21,23H,7,12-17H2/t20-,21+/m0/s1. The minimum atomic E-state index is -0.272. The average Bonchev–Trinajstić information content (AvgIpc) is 2.63. The number of likely N-dealkylation sites (tertiary alicyclic amines) is 1. The van der Waals surface area contributed by atoms with Crippen LogP contribution in [0.4, 0.5) is 0 Å². The smallest absolute Gasteiger partial charge is 0.0735 e. The molecule has 2 atom stereocenters. The Morgan fingerprint density at radius 3 is 2.42 bits per heavy atom. The number of β-amino-alcohol motifs (C(OH)–C–C–N with tert-alkyl or cyclic N) is 1. The van der Waals surface area contributed by atoms with E-state index in [1.54, 1.807) is 0 Å². The molecule has 3 rings (SSSR count). The Balaban J connectivity index is 1.34. The number of hydrogen-bond acceptors (Lipinski definition) is 3. The van der Waals surface area contributed by atoms with Crippen molar-refractivity contribution >= 4 is 0 Å². The number of rotatable bonds is 7. The molecule has 0 spiro atoms. The highest BCUT2D eigenvalue weighted by molar-refractivity contribution is 5.21. The van der Waals surface area contributed by atoms with E-state index in [4.69, 9.17) is 4.74 Å². The van der Waals surface area contributed by atoms with Gasteiger partial charge in [0.15, 0.2) is 0 Å². The highest BCUT2D eigenvalue weighted by Gasteiger charge is 2.28. The van der Waals surface area contributed by atoms with Gasteiger partial charge in [0, 0.05) is 25.6 Å². The van der Waals surface area contributed by atoms with Crippen molar-refractivity contribution in [2.45, 2.75) is 31.5 Å². The van der Waals surface area contributed by atoms with Gasteiger partial charge in [-0.15, -0.1) is 0 Å². The van der Waals surface area contributed by atoms with Crippen molar-refractivity contribution < 1.29 is 9.84 Å². The van der Waals surface area contributed by atoms with Crippen LogP contribution < -0.4 is 0 Å². The van der Waals surface area contributed by atoms with Crippen LogP contribution in [0.15, 0.2) is 60.7 Å². The summed E-state index contributed by atoms with van der Waals surface area (Å²) in [5, 5.41) is 10.5. The first-order valence-electron chi connectivity index (χ1n) is 8.90. The molecular formula is C21H27NO2. The van der Waals surface area contributed by atoms with Gasteiger partial charge in [-0.25, -0.2) is 0 Å². The highest BCUT2D eigenvalue weighted by Crippen LogP contribution is 2.28. The van der Waals surface area contributed by atoms with Gasteiger partial charge in [0.2, 0.25) is 0 Å². The molecule has 2 aromatic rings. The molecule has 0 bridgehead atoms. The summed E-state index contributed by atoms with van der Waals surface area (Å²) in [6, 6.07) is 20.7. The molecule has 1 aliphatic rings. The van der Waals surface area contributed by atoms with Crippen LogP contribution in [0.2, 0.25) is 0 Å². The second-order valence-electron chi connectivity index (χ2n) is 6.57. The zero-order chi connectivity index (χ0) is 16.6. The van der Waals surface area contributed by atoms with E-state index in [1.165, 1.54) is 11.1 Å². The van der Waals surface area contributed by atoms with Crippen molar-refractivity contribution in [2.75, 3.05) is 26.2 Å². The normalized spacial score (nSPS) is 21.7. The quantitative estimate of drug-likeness (QED) is 0.792. The molecule has 1 saturated heterocycles. The fraction of sp³-hybridized carbons (Fsp3) is 0.429. The summed E-state index contributed by atoms with van der Waals surface area (Å²) in [5.74, 6) is 0.275. The number of piperidine rings is 1. The Labute approximate surface area is 144 Å². The van der Waals surface area contributed by atoms with E-state index in [1.807, 2.05) is 24.3 Å². The van der Waals surface area contributed by atoms with Gasteiger partial charge < -0.3 is 14.7 Å². The molecule has 1 aliphatic heterocycles. The second-order valence-corrected chi connectivity index (χ2v) is 6.57. The van der Waals surface area contributed by atoms with Crippen molar-refractivity contribution in [1.29, 1.82) is 0 Å². The number of ether oxygens (including phenoxy) is 1. The molecule has 0 aliphatic carbocycles. The summed E-state index contributed by atoms with van der Waals surface area (Å²) in [6.45, 7) is 4.25. The van der Waals surface area contributed by atoms with Crippen LogP contribution in [0.25, 0.3) is 0 Å². The lowest BCUT2D eigenvalue weighted by atomic mass is 9.87. The lowest BCUT2D eigenvalue weighted by Gasteiger charge is -2.36. The Morgan fingerprint density at radius 2 is 1.71 bits per heavy atom. The van der Waals surface area contributed by atoms with Crippen molar-refractivity contribution in [1.82, 2.24) is 4.90 Å². The fourth-order valence-electron chi connectivity index (χ4n) is 3.44. The first-order chi connectivity index (χ1) is 11.8. The summed E-state index contributed by atoms with van der Waals surface area (Å²) in [4.78, 5) is 2.36. The summed E-state index contributed by atoms with van der Waals surface area (Å²) >= 11 is 0. The molecule has 0 radical (unpaired) electrons. The van der Waals surface area contributed by atoms with Crippen molar-refractivity contribution in [2.24, 2.45) is 0 Å². The zero-order valence-corrected chi connectivity index (χ0v) is 14.2. The summed E-state index contributed by atoms with van der Waals surface area (Å²) in [5.41, 5.74) is 2.48. The molecule has 0 amide bonds. The van der Waals surface area contributed by atoms with Crippen LogP contribution in [0.1, 0.15) is 29.9 Å². The molecule has 128 valence electrons. The van der Waals surface area contributed by atoms with Crippen LogP contribution >= 0.6 is 0 Å². The van der Waals surface area contributed by atoms with Crippen LogP contribution in [-0.2, 0) is 11.3 Å². The topological polar surface area (TPSA) is 32.7 Å². The van der Waals surface area contributed by atoms with Crippen LogP contribution in [0.3, 0.4) is 0 Å². The molecule has 0 aromatic heterocycles. The molecule has 24 heavy (non-hydrogen) atoms. The van der Waals surface area contributed by atoms with E-state index in [9.17, 15) is 5.11 Å². The van der Waals surface area contributed by atoms with Crippen molar-refractivity contribution in [3.8, 4) is 0 Å². The van der Waals surface area contributed by atoms with E-state index in [-0.39, 0.29) is 12.0 Å². The molecule has 2 aromatic carbocycles. The molecule has 0 unspecified atom stereocenters. The molecule has 3 nitrogen and oxygen atoms in total. The third-order valence-corrected chi connectivity index (χ3v) is 4.77. The average molecular weight is 325 g/mol. The minimum Gasteiger partial charge on any atom is -0.391 e. The van der Waals surface area contributed by atoms with E-state index in [2.05, 4.69) is 41.3 Å². The van der Waals surface area contributed by atoms with E-state index in [0.29, 0.717) is 6.61 Å². The van der Waals surface area contributed by atoms with E-state index < -0.39 is 0 Å². The molecular weight excluding hydrogens is 298 g/mol. The van der Waals surface area contributed by atoms with Gasteiger partial charge in [0.25, 0.3) is 0 Å². The predicted octanol–water partition coefficient (Wildman–Crippen LogP) is 3.44. The first-order valence-corrected chi connectivity index (χ1v) is 8.90. The Morgan fingerprint density at radius 1 is 1.00 bits per heavy atom. The number of nitrogens with zero attached hydrogens (tertiary/aromatic N) is 1. The number of aliphatic hydroxyl groups is 1. The summed E-state index contributed by atoms with van der Waals surface area (Å²) < 4.78 is 5.74. The third-order valence-electron chi connectivity index (χ3n) is 4.77. The molecule has 1 heterocycles. The van der Waals surface area contributed by atoms with Gasteiger partial charge in [0.05, 0.1) is 12.7 Å². The predicted molar refractivity (Wildman–Crippen MR) is 97.0 cm³/mol. The first kappa shape index (κ1) is 17.2. The zero-order valence-electron chi connectivity index (χ0n) is 14.2. The summed E-state index contributed by atoms with van der Waals surface area (Å²) in [7, 11) is 0. The SMILES string of the molecule is O[C@@H]1CN(CCCOCc2ccccc2)CC[C@H]1c1ccccc1. The van der Waals surface area contributed by atoms with Gasteiger partial charge in [-0.1, -0.05) is 60.7 Å². The second kappa shape index (κ2) is 8.97. The van der Waals surface area contributed by atoms with Gasteiger partial charge >= 0.3 is 0 Å². The lowest BCUT2D eigenvalue weighted by Crippen LogP contribution is -2.43. The minimum absolute atomic E-state index is 0.272. The fourth-order valence-corrected chi connectivity index (χ4v) is 3.44. The maximum absolute atomic E-state index is 10.5. The summed E-state index contributed by atoms with van der Waals surface area (Å²) in [6.07, 6.45) is 1.76. The lowest BCUT2D eigenvalue weighted by molar-refractivity contribution is 0.0430. The maximum Gasteiger partial charge on any atom is 0.0735 e. The number of hydrogen-bond donors (Lipinski definition) is 1. The van der Waals surface area contributed by atoms with Gasteiger partial charge in [0.1, 0.15) is 0 Å². The Kier molecular flexibility index (Phi) is 6.41. The maximum atomic E-state index is 10.5. The monoisotopic (exact) mass is 325 g/mol. The van der Waals surface area contributed by atoms with E-state index in [0.717, 1.165) is 39.1 Å². The number of benzene rings is 2. The van der Waals surface area contributed by atoms with E-state index >= 15 is 0 Å². The van der Waals surface area contributed by atoms with Crippen molar-refractivity contribution in [3.63, 3.8) is 0 Å². The Bertz CT molecular complexity index is 587. The van der Waals surface area contributed by atoms with Crippen LogP contribution in [0.5, 0.6) is 0 Å². The van der Waals surface area contributed by atoms with Gasteiger partial charge in [-0.05, 0) is 30.5 Å². The van der Waals surface area contributed by atoms with Gasteiger partial charge in [-0.2, -0.15) is 0 Å². The van der Waals surface area contributed by atoms with Crippen molar-refractivity contribution in [3.05, 3.63) is 71.8 Å². The Hall–Kier alpha value is -1.68. The van der Waals surface area contributed by atoms with Crippen LogP contribution in [-0.4, -0.2) is 42.4 Å². The highest BCUT2D eigenvalue weighted by atomic mass is 16.5. The third kappa shape index (κ3) is 4.91. The molecule has 0 saturated carbocycles. The largest absolute Gasteiger partial charge is 0.391 e.